The maximum absolute atomic E-state index is 13.6. The van der Waals surface area contributed by atoms with Crippen LogP contribution < -0.4 is 10.6 Å². The molecular formula is C18H16F3N9O2S. The number of carbonyl (C=O) groups excluding carboxylic acids is 1. The summed E-state index contributed by atoms with van der Waals surface area (Å²) < 4.78 is 46.9. The van der Waals surface area contributed by atoms with E-state index < -0.39 is 29.7 Å². The molecule has 4 aromatic heterocycles. The number of amides is 2. The number of anilines is 2. The molecule has 0 fully saturated rings. The third-order valence-electron chi connectivity index (χ3n) is 4.58. The number of alkyl halides is 3. The van der Waals surface area contributed by atoms with E-state index in [4.69, 9.17) is 4.74 Å². The van der Waals surface area contributed by atoms with Crippen LogP contribution in [0.5, 0.6) is 0 Å². The lowest BCUT2D eigenvalue weighted by Crippen LogP contribution is -2.22. The number of tetrazole rings is 1. The molecule has 4 rings (SSSR count). The lowest BCUT2D eigenvalue weighted by Gasteiger charge is -2.17. The molecule has 33 heavy (non-hydrogen) atoms. The summed E-state index contributed by atoms with van der Waals surface area (Å²) in [5, 5.41) is 15.8. The van der Waals surface area contributed by atoms with Gasteiger partial charge in [-0.15, -0.1) is 5.10 Å². The molecule has 1 atom stereocenters. The first kappa shape index (κ1) is 22.5. The number of aryl methyl sites for hydroxylation is 1. The summed E-state index contributed by atoms with van der Waals surface area (Å²) >= 11 is 1.39. The topological polar surface area (TPSA) is 133 Å². The fourth-order valence-corrected chi connectivity index (χ4v) is 3.86. The second-order valence-corrected chi connectivity index (χ2v) is 7.96. The number of nitrogens with one attached hydrogen (secondary N) is 2. The van der Waals surface area contributed by atoms with Crippen molar-refractivity contribution in [2.45, 2.75) is 26.1 Å². The molecule has 4 heterocycles. The highest BCUT2D eigenvalue weighted by Crippen LogP contribution is 2.35. The molecule has 0 saturated heterocycles. The van der Waals surface area contributed by atoms with Crippen molar-refractivity contribution in [2.75, 3.05) is 17.7 Å². The molecule has 11 nitrogen and oxygen atoms in total. The van der Waals surface area contributed by atoms with Crippen molar-refractivity contribution in [2.24, 2.45) is 0 Å². The first-order valence-corrected chi connectivity index (χ1v) is 10.2. The number of rotatable bonds is 5. The molecule has 4 aromatic rings. The Morgan fingerprint density at radius 1 is 1.24 bits per heavy atom. The summed E-state index contributed by atoms with van der Waals surface area (Å²) in [6.07, 6.45) is -1.69. The van der Waals surface area contributed by atoms with Crippen LogP contribution >= 0.6 is 11.3 Å². The van der Waals surface area contributed by atoms with E-state index in [1.807, 2.05) is 6.92 Å². The highest BCUT2D eigenvalue weighted by atomic mass is 32.1. The molecule has 15 heteroatoms. The van der Waals surface area contributed by atoms with Gasteiger partial charge in [-0.1, -0.05) is 11.3 Å². The second kappa shape index (κ2) is 8.67. The summed E-state index contributed by atoms with van der Waals surface area (Å²) in [6, 6.07) is -0.0502. The van der Waals surface area contributed by atoms with Gasteiger partial charge < -0.3 is 15.4 Å². The summed E-state index contributed by atoms with van der Waals surface area (Å²) in [5.41, 5.74) is 0.189. The number of fused-ring (bicyclic) bond motifs is 1. The van der Waals surface area contributed by atoms with Crippen LogP contribution in [0.3, 0.4) is 0 Å². The minimum Gasteiger partial charge on any atom is -0.377 e. The molecule has 0 aromatic carbocycles. The van der Waals surface area contributed by atoms with Gasteiger partial charge in [0.05, 0.1) is 34.9 Å². The Labute approximate surface area is 188 Å². The van der Waals surface area contributed by atoms with E-state index in [-0.39, 0.29) is 5.69 Å². The van der Waals surface area contributed by atoms with Crippen molar-refractivity contribution in [3.8, 4) is 5.82 Å². The van der Waals surface area contributed by atoms with E-state index in [2.05, 4.69) is 41.1 Å². The van der Waals surface area contributed by atoms with Crippen LogP contribution in [0.1, 0.15) is 29.2 Å². The van der Waals surface area contributed by atoms with Gasteiger partial charge in [-0.2, -0.15) is 17.9 Å². The zero-order valence-corrected chi connectivity index (χ0v) is 18.2. The highest BCUT2D eigenvalue weighted by molar-refractivity contribution is 7.18. The number of hydrogen-bond acceptors (Lipinski definition) is 9. The van der Waals surface area contributed by atoms with Crippen molar-refractivity contribution in [1.29, 1.82) is 0 Å². The van der Waals surface area contributed by atoms with Crippen LogP contribution in [0.15, 0.2) is 24.8 Å². The van der Waals surface area contributed by atoms with Crippen LogP contribution in [0.2, 0.25) is 0 Å². The largest absolute Gasteiger partial charge is 0.420 e. The molecule has 0 aliphatic carbocycles. The monoisotopic (exact) mass is 479 g/mol. The number of halogens is 3. The average molecular weight is 479 g/mol. The third kappa shape index (κ3) is 4.58. The third-order valence-corrected chi connectivity index (χ3v) is 5.46. The van der Waals surface area contributed by atoms with Gasteiger partial charge in [0.2, 0.25) is 0 Å². The van der Waals surface area contributed by atoms with Crippen molar-refractivity contribution in [1.82, 2.24) is 35.2 Å². The number of thiazole rings is 1. The Morgan fingerprint density at radius 2 is 2.03 bits per heavy atom. The fourth-order valence-electron chi connectivity index (χ4n) is 3.09. The molecule has 0 radical (unpaired) electrons. The van der Waals surface area contributed by atoms with Gasteiger partial charge in [-0.05, 0) is 30.3 Å². The number of hydrogen-bond donors (Lipinski definition) is 2. The molecule has 0 unspecified atom stereocenters. The molecule has 2 N–H and O–H groups in total. The van der Waals surface area contributed by atoms with Crippen molar-refractivity contribution >= 4 is 39.1 Å². The predicted molar refractivity (Wildman–Crippen MR) is 112 cm³/mol. The minimum absolute atomic E-state index is 0.184. The van der Waals surface area contributed by atoms with Gasteiger partial charge in [-0.25, -0.2) is 19.7 Å². The maximum atomic E-state index is 13.6. The van der Waals surface area contributed by atoms with E-state index in [9.17, 15) is 18.0 Å². The molecule has 0 aliphatic heterocycles. The molecule has 172 valence electrons. The maximum Gasteiger partial charge on any atom is 0.420 e. The summed E-state index contributed by atoms with van der Waals surface area (Å²) in [6.45, 7) is 3.61. The van der Waals surface area contributed by atoms with Crippen LogP contribution in [-0.2, 0) is 10.9 Å². The van der Waals surface area contributed by atoms with Crippen LogP contribution in [0.25, 0.3) is 16.2 Å². The second-order valence-electron chi connectivity index (χ2n) is 6.78. The Balaban J connectivity index is 1.63. The lowest BCUT2D eigenvalue weighted by molar-refractivity contribution is -0.137. The number of nitrogens with zero attached hydrogens (tertiary/aromatic N) is 7. The normalized spacial score (nSPS) is 12.7. The summed E-state index contributed by atoms with van der Waals surface area (Å²) in [7, 11) is 1.51. The zero-order valence-electron chi connectivity index (χ0n) is 17.4. The number of methoxy groups -OCH3 is 1. The zero-order chi connectivity index (χ0) is 23.8. The van der Waals surface area contributed by atoms with E-state index in [1.165, 1.54) is 24.6 Å². The SMILES string of the molecule is CO[C@@H](C)c1c(NC(=O)Nc2cnc(-n3cnnn3)c(C(F)(F)F)c2)cnc2sc(C)nc12. The Kier molecular flexibility index (Phi) is 5.90. The number of aromatic nitrogens is 7. The van der Waals surface area contributed by atoms with Crippen LogP contribution in [0.4, 0.5) is 29.3 Å². The van der Waals surface area contributed by atoms with E-state index in [0.717, 1.165) is 28.3 Å². The van der Waals surface area contributed by atoms with Crippen molar-refractivity contribution < 1.29 is 22.7 Å². The predicted octanol–water partition coefficient (Wildman–Crippen LogP) is 3.74. The number of pyridine rings is 2. The molecular weight excluding hydrogens is 463 g/mol. The Morgan fingerprint density at radius 3 is 2.70 bits per heavy atom. The smallest absolute Gasteiger partial charge is 0.377 e. The van der Waals surface area contributed by atoms with E-state index in [0.29, 0.717) is 21.6 Å². The Bertz CT molecular complexity index is 1310. The summed E-state index contributed by atoms with van der Waals surface area (Å²) in [5.74, 6) is -0.525. The molecule has 0 bridgehead atoms. The first-order valence-electron chi connectivity index (χ1n) is 9.34. The van der Waals surface area contributed by atoms with Crippen molar-refractivity contribution in [3.63, 3.8) is 0 Å². The van der Waals surface area contributed by atoms with Gasteiger partial charge in [0.25, 0.3) is 0 Å². The first-order chi connectivity index (χ1) is 15.7. The fraction of sp³-hybridized carbons (Fsp3) is 0.278. The molecule has 0 aliphatic rings. The van der Waals surface area contributed by atoms with Gasteiger partial charge in [0.15, 0.2) is 5.82 Å². The molecule has 0 saturated carbocycles. The summed E-state index contributed by atoms with van der Waals surface area (Å²) in [4.78, 5) is 25.8. The quantitative estimate of drug-likeness (QED) is 0.442. The lowest BCUT2D eigenvalue weighted by atomic mass is 10.1. The van der Waals surface area contributed by atoms with Gasteiger partial charge in [-0.3, -0.25) is 0 Å². The van der Waals surface area contributed by atoms with E-state index >= 15 is 0 Å². The number of urea groups is 1. The molecule has 0 spiro atoms. The van der Waals surface area contributed by atoms with Gasteiger partial charge >= 0.3 is 12.2 Å². The van der Waals surface area contributed by atoms with E-state index in [1.54, 1.807) is 6.92 Å². The number of carbonyl (C=O) groups is 1. The van der Waals surface area contributed by atoms with Crippen LogP contribution in [-0.4, -0.2) is 48.3 Å². The van der Waals surface area contributed by atoms with Gasteiger partial charge in [0, 0.05) is 12.7 Å². The number of ether oxygens (including phenoxy) is 1. The minimum atomic E-state index is -4.76. The molecule has 2 amide bonds. The highest BCUT2D eigenvalue weighted by Gasteiger charge is 2.36. The van der Waals surface area contributed by atoms with Crippen LogP contribution in [0, 0.1) is 6.92 Å². The van der Waals surface area contributed by atoms with Gasteiger partial charge in [0.1, 0.15) is 22.2 Å². The average Bonchev–Trinajstić information content (AvgIpc) is 3.41. The van der Waals surface area contributed by atoms with Crippen molar-refractivity contribution in [3.05, 3.63) is 40.9 Å². The standard InChI is InChI=1S/C18H16F3N9O2S/c1-8(32-3)13-12(6-23-16-14(13)25-9(2)33-16)27-17(31)26-10-4-11(18(19,20)21)15(22-5-10)30-7-24-28-29-30/h4-8H,1-3H3,(H2,26,27,31)/t8-/m0/s1. The Hall–Kier alpha value is -3.72.